The highest BCUT2D eigenvalue weighted by Gasteiger charge is 2.49. The predicted molar refractivity (Wildman–Crippen MR) is 126 cm³/mol. The van der Waals surface area contributed by atoms with E-state index >= 15 is 0 Å². The molecule has 2 saturated carbocycles. The second-order valence-corrected chi connectivity index (χ2v) is 10.1. The van der Waals surface area contributed by atoms with Crippen molar-refractivity contribution in [2.24, 2.45) is 17.8 Å². The Bertz CT molecular complexity index is 664. The molecule has 0 unspecified atom stereocenters. The first-order valence-electron chi connectivity index (χ1n) is 13.1. The molecule has 2 N–H and O–H groups in total. The van der Waals surface area contributed by atoms with Crippen LogP contribution in [-0.4, -0.2) is 54.3 Å². The Morgan fingerprint density at radius 3 is 2.61 bits per heavy atom. The van der Waals surface area contributed by atoms with E-state index in [2.05, 4.69) is 12.2 Å². The smallest absolute Gasteiger partial charge is 0.219 e. The summed E-state index contributed by atoms with van der Waals surface area (Å²) in [5, 5.41) is 20.0. The molecule has 2 heterocycles. The Kier molecular flexibility index (Phi) is 9.44. The molecule has 1 saturated heterocycles. The minimum absolute atomic E-state index is 0.0523. The molecule has 0 aromatic heterocycles. The zero-order chi connectivity index (χ0) is 22.9. The van der Waals surface area contributed by atoms with Crippen LogP contribution >= 0.6 is 0 Å². The fourth-order valence-corrected chi connectivity index (χ4v) is 6.10. The van der Waals surface area contributed by atoms with E-state index in [9.17, 15) is 10.2 Å². The average Bonchev–Trinajstić information content (AvgIpc) is 3.51. The van der Waals surface area contributed by atoms with Gasteiger partial charge in [-0.05, 0) is 87.7 Å². The Hall–Kier alpha value is -1.18. The molecule has 0 bridgehead atoms. The fraction of sp³-hybridized carbons (Fsp3) is 0.778. The van der Waals surface area contributed by atoms with Crippen molar-refractivity contribution in [1.82, 2.24) is 0 Å². The fourth-order valence-electron chi connectivity index (χ4n) is 6.10. The first-order valence-corrected chi connectivity index (χ1v) is 13.1. The third-order valence-electron chi connectivity index (χ3n) is 7.92. The summed E-state index contributed by atoms with van der Waals surface area (Å²) in [6.45, 7) is 0.883. The summed E-state index contributed by atoms with van der Waals surface area (Å²) < 4.78 is 24.4. The van der Waals surface area contributed by atoms with Crippen LogP contribution in [0.3, 0.4) is 0 Å². The molecule has 0 aromatic rings. The van der Waals surface area contributed by atoms with Gasteiger partial charge in [0.05, 0.1) is 24.6 Å². The van der Waals surface area contributed by atoms with Gasteiger partial charge in [-0.3, -0.25) is 0 Å². The van der Waals surface area contributed by atoms with Crippen LogP contribution in [0.4, 0.5) is 0 Å². The van der Waals surface area contributed by atoms with E-state index in [1.54, 1.807) is 6.26 Å². The van der Waals surface area contributed by atoms with Crippen LogP contribution < -0.4 is 0 Å². The van der Waals surface area contributed by atoms with Crippen LogP contribution in [-0.2, 0) is 18.9 Å². The lowest BCUT2D eigenvalue weighted by atomic mass is 9.81. The van der Waals surface area contributed by atoms with E-state index in [0.717, 1.165) is 38.7 Å². The predicted octanol–water partition coefficient (Wildman–Crippen LogP) is 4.62. The lowest BCUT2D eigenvalue weighted by Gasteiger charge is -2.38. The molecule has 0 radical (unpaired) electrons. The first-order chi connectivity index (χ1) is 16.2. The molecule has 3 fully saturated rings. The Morgan fingerprint density at radius 1 is 1.06 bits per heavy atom. The van der Waals surface area contributed by atoms with Gasteiger partial charge in [0.15, 0.2) is 6.29 Å². The van der Waals surface area contributed by atoms with E-state index in [1.165, 1.54) is 32.1 Å². The molecule has 0 amide bonds. The van der Waals surface area contributed by atoms with Gasteiger partial charge in [-0.15, -0.1) is 0 Å². The molecular weight excluding hydrogens is 420 g/mol. The molecule has 2 aliphatic carbocycles. The average molecular weight is 463 g/mol. The first kappa shape index (κ1) is 24.9. The van der Waals surface area contributed by atoms with Crippen molar-refractivity contribution >= 4 is 0 Å². The number of aliphatic hydroxyl groups excluding tert-OH is 2. The van der Waals surface area contributed by atoms with E-state index in [4.69, 9.17) is 18.9 Å². The van der Waals surface area contributed by atoms with Crippen molar-refractivity contribution in [3.05, 3.63) is 36.6 Å². The molecule has 6 heteroatoms. The van der Waals surface area contributed by atoms with Gasteiger partial charge in [-0.2, -0.15) is 0 Å². The van der Waals surface area contributed by atoms with Crippen LogP contribution in [0.1, 0.15) is 70.6 Å². The number of ether oxygens (including phenoxy) is 4. The molecule has 4 rings (SSSR count). The van der Waals surface area contributed by atoms with Gasteiger partial charge in [-0.1, -0.05) is 31.1 Å². The summed E-state index contributed by atoms with van der Waals surface area (Å²) in [7, 11) is 0. The summed E-state index contributed by atoms with van der Waals surface area (Å²) in [4.78, 5) is 0. The maximum Gasteiger partial charge on any atom is 0.219 e. The number of rotatable bonds is 11. The number of hydrogen-bond donors (Lipinski definition) is 2. The minimum atomic E-state index is -0.666. The SMILES string of the molecule is OCCC[C@@H]1[C@H](C=C[C@@H](O[C@@H]2CCCCO2)C2CCCC2)CC[C@]1(CO)O[C@H]1C=CC=CO1. The third kappa shape index (κ3) is 6.49. The maximum absolute atomic E-state index is 10.5. The van der Waals surface area contributed by atoms with Crippen LogP contribution in [0.25, 0.3) is 0 Å². The maximum atomic E-state index is 10.5. The summed E-state index contributed by atoms with van der Waals surface area (Å²) >= 11 is 0. The lowest BCUT2D eigenvalue weighted by molar-refractivity contribution is -0.198. The van der Waals surface area contributed by atoms with Crippen LogP contribution in [0.15, 0.2) is 36.6 Å². The van der Waals surface area contributed by atoms with E-state index in [0.29, 0.717) is 12.3 Å². The lowest BCUT2D eigenvalue weighted by Crippen LogP contribution is -2.45. The Labute approximate surface area is 198 Å². The van der Waals surface area contributed by atoms with Crippen LogP contribution in [0, 0.1) is 17.8 Å². The van der Waals surface area contributed by atoms with Gasteiger partial charge in [0, 0.05) is 13.2 Å². The van der Waals surface area contributed by atoms with Gasteiger partial charge < -0.3 is 29.2 Å². The minimum Gasteiger partial charge on any atom is -0.469 e. The Morgan fingerprint density at radius 2 is 1.91 bits per heavy atom. The molecule has 0 spiro atoms. The third-order valence-corrected chi connectivity index (χ3v) is 7.92. The van der Waals surface area contributed by atoms with E-state index in [-0.39, 0.29) is 37.4 Å². The zero-order valence-electron chi connectivity index (χ0n) is 19.9. The molecule has 4 aliphatic rings. The molecule has 6 atom stereocenters. The molecule has 186 valence electrons. The summed E-state index contributed by atoms with van der Waals surface area (Å²) in [5.41, 5.74) is -0.666. The second-order valence-electron chi connectivity index (χ2n) is 10.1. The molecule has 6 nitrogen and oxygen atoms in total. The van der Waals surface area contributed by atoms with Crippen molar-refractivity contribution in [3.63, 3.8) is 0 Å². The highest BCUT2D eigenvalue weighted by molar-refractivity contribution is 5.10. The highest BCUT2D eigenvalue weighted by Crippen LogP contribution is 2.47. The van der Waals surface area contributed by atoms with Crippen LogP contribution in [0.5, 0.6) is 0 Å². The summed E-state index contributed by atoms with van der Waals surface area (Å²) in [6, 6.07) is 0. The molecular formula is C27H42O6. The largest absolute Gasteiger partial charge is 0.469 e. The summed E-state index contributed by atoms with van der Waals surface area (Å²) in [6.07, 6.45) is 22.8. The van der Waals surface area contributed by atoms with Crippen molar-refractivity contribution in [2.75, 3.05) is 19.8 Å². The zero-order valence-corrected chi connectivity index (χ0v) is 19.9. The van der Waals surface area contributed by atoms with Gasteiger partial charge in [-0.25, -0.2) is 0 Å². The van der Waals surface area contributed by atoms with Crippen molar-refractivity contribution < 1.29 is 29.2 Å². The van der Waals surface area contributed by atoms with E-state index in [1.807, 2.05) is 18.2 Å². The van der Waals surface area contributed by atoms with Gasteiger partial charge in [0.2, 0.25) is 6.29 Å². The topological polar surface area (TPSA) is 77.4 Å². The van der Waals surface area contributed by atoms with E-state index < -0.39 is 11.9 Å². The van der Waals surface area contributed by atoms with Gasteiger partial charge >= 0.3 is 0 Å². The van der Waals surface area contributed by atoms with Crippen molar-refractivity contribution in [3.8, 4) is 0 Å². The monoisotopic (exact) mass is 462 g/mol. The highest BCUT2D eigenvalue weighted by atomic mass is 16.7. The summed E-state index contributed by atoms with van der Waals surface area (Å²) in [5.74, 6) is 0.936. The van der Waals surface area contributed by atoms with Crippen LogP contribution in [0.2, 0.25) is 0 Å². The second kappa shape index (κ2) is 12.5. The molecule has 2 aliphatic heterocycles. The van der Waals surface area contributed by atoms with Gasteiger partial charge in [0.1, 0.15) is 0 Å². The standard InChI is InChI=1S/C27H42O6/c28-17-7-10-23-21(15-16-27(23,20-29)33-26-12-4-6-19-31-26)13-14-24(22-8-1-2-9-22)32-25-11-3-5-18-30-25/h4,6,12-14,19,21-26,28-29H,1-3,5,7-11,15-18,20H2/t21-,23-,24-,25-,26+,27-/m1/s1. The molecule has 33 heavy (non-hydrogen) atoms. The van der Waals surface area contributed by atoms with Gasteiger partial charge in [0.25, 0.3) is 0 Å². The number of allylic oxidation sites excluding steroid dienone is 3. The van der Waals surface area contributed by atoms with Crippen molar-refractivity contribution in [1.29, 1.82) is 0 Å². The normalized spacial score (nSPS) is 35.9. The Balaban J connectivity index is 1.47. The number of aliphatic hydroxyl groups is 2. The quantitative estimate of drug-likeness (QED) is 0.437. The number of hydrogen-bond acceptors (Lipinski definition) is 6. The van der Waals surface area contributed by atoms with Crippen molar-refractivity contribution in [2.45, 2.75) is 94.9 Å². The molecule has 0 aromatic carbocycles.